The molecule has 1 aliphatic rings. The van der Waals surface area contributed by atoms with Crippen LogP contribution in [0.3, 0.4) is 0 Å². The summed E-state index contributed by atoms with van der Waals surface area (Å²) >= 11 is 0. The molecule has 3 nitrogen and oxygen atoms in total. The first-order valence-electron chi connectivity index (χ1n) is 13.2. The molecule has 3 aromatic rings. The Morgan fingerprint density at radius 1 is 0.771 bits per heavy atom. The molecule has 0 spiro atoms. The van der Waals surface area contributed by atoms with E-state index in [1.165, 1.54) is 22.3 Å². The Hall–Kier alpha value is -3.07. The number of nitrogens with zero attached hydrogens (tertiary/aromatic N) is 1. The zero-order valence-corrected chi connectivity index (χ0v) is 21.7. The van der Waals surface area contributed by atoms with Crippen molar-refractivity contribution in [2.45, 2.75) is 83.7 Å². The van der Waals surface area contributed by atoms with Crippen molar-refractivity contribution in [2.75, 3.05) is 5.32 Å². The van der Waals surface area contributed by atoms with Crippen LogP contribution in [-0.2, 0) is 6.54 Å². The maximum atomic E-state index is 13.9. The lowest BCUT2D eigenvalue weighted by molar-refractivity contribution is 0.158. The van der Waals surface area contributed by atoms with Crippen molar-refractivity contribution in [1.29, 1.82) is 0 Å². The smallest absolute Gasteiger partial charge is 0.317 e. The number of para-hydroxylation sites is 1. The predicted molar refractivity (Wildman–Crippen MR) is 147 cm³/mol. The molecule has 0 atom stereocenters. The van der Waals surface area contributed by atoms with Crippen LogP contribution in [0.15, 0.2) is 78.9 Å². The largest absolute Gasteiger partial charge is 0.322 e. The topological polar surface area (TPSA) is 32.3 Å². The van der Waals surface area contributed by atoms with Crippen molar-refractivity contribution in [3.63, 3.8) is 0 Å². The van der Waals surface area contributed by atoms with E-state index in [4.69, 9.17) is 0 Å². The first-order valence-corrected chi connectivity index (χ1v) is 13.2. The van der Waals surface area contributed by atoms with Gasteiger partial charge in [0.25, 0.3) is 0 Å². The van der Waals surface area contributed by atoms with E-state index in [0.29, 0.717) is 24.3 Å². The SMILES string of the molecule is CC(C)c1cccc(C(C)C)c1NC(=O)N(Cc1ccccc1)[C@H]1CC[C@H](c2ccccc2)CC1. The van der Waals surface area contributed by atoms with Crippen LogP contribution in [-0.4, -0.2) is 17.0 Å². The highest BCUT2D eigenvalue weighted by atomic mass is 16.2. The second-order valence-corrected chi connectivity index (χ2v) is 10.6. The first kappa shape index (κ1) is 25.0. The summed E-state index contributed by atoms with van der Waals surface area (Å²) in [5.74, 6) is 1.27. The van der Waals surface area contributed by atoms with E-state index in [0.717, 1.165) is 31.4 Å². The molecule has 1 saturated carbocycles. The molecule has 2 amide bonds. The van der Waals surface area contributed by atoms with E-state index >= 15 is 0 Å². The van der Waals surface area contributed by atoms with Gasteiger partial charge in [0.15, 0.2) is 0 Å². The quantitative estimate of drug-likeness (QED) is 0.369. The van der Waals surface area contributed by atoms with Gasteiger partial charge in [-0.05, 0) is 65.7 Å². The van der Waals surface area contributed by atoms with Gasteiger partial charge in [-0.2, -0.15) is 0 Å². The number of rotatable bonds is 7. The number of nitrogens with one attached hydrogen (secondary N) is 1. The molecule has 0 bridgehead atoms. The summed E-state index contributed by atoms with van der Waals surface area (Å²) in [5, 5.41) is 3.39. The summed E-state index contributed by atoms with van der Waals surface area (Å²) in [7, 11) is 0. The summed E-state index contributed by atoms with van der Waals surface area (Å²) in [6.45, 7) is 9.42. The normalized spacial score (nSPS) is 18.0. The van der Waals surface area contributed by atoms with Crippen molar-refractivity contribution in [1.82, 2.24) is 4.90 Å². The molecule has 0 radical (unpaired) electrons. The van der Waals surface area contributed by atoms with Crippen molar-refractivity contribution in [2.24, 2.45) is 0 Å². The minimum atomic E-state index is 0.0204. The summed E-state index contributed by atoms with van der Waals surface area (Å²) in [4.78, 5) is 16.0. The average molecular weight is 469 g/mol. The summed E-state index contributed by atoms with van der Waals surface area (Å²) < 4.78 is 0. The molecule has 1 fully saturated rings. The molecule has 0 aromatic heterocycles. The Morgan fingerprint density at radius 3 is 1.86 bits per heavy atom. The number of benzene rings is 3. The Balaban J connectivity index is 1.58. The van der Waals surface area contributed by atoms with Gasteiger partial charge in [-0.25, -0.2) is 4.79 Å². The van der Waals surface area contributed by atoms with Crippen LogP contribution < -0.4 is 5.32 Å². The van der Waals surface area contributed by atoms with E-state index in [1.54, 1.807) is 0 Å². The molecule has 0 aliphatic heterocycles. The summed E-state index contributed by atoms with van der Waals surface area (Å²) in [6, 6.07) is 27.9. The molecule has 184 valence electrons. The van der Waals surface area contributed by atoms with Gasteiger partial charge in [0, 0.05) is 18.3 Å². The van der Waals surface area contributed by atoms with Crippen LogP contribution in [0.25, 0.3) is 0 Å². The van der Waals surface area contributed by atoms with Crippen molar-refractivity contribution < 1.29 is 4.79 Å². The second-order valence-electron chi connectivity index (χ2n) is 10.6. The van der Waals surface area contributed by atoms with Crippen molar-refractivity contribution in [3.8, 4) is 0 Å². The molecule has 1 aliphatic carbocycles. The Kier molecular flexibility index (Phi) is 8.28. The minimum absolute atomic E-state index is 0.0204. The summed E-state index contributed by atoms with van der Waals surface area (Å²) in [6.07, 6.45) is 4.30. The van der Waals surface area contributed by atoms with Crippen LogP contribution in [0.5, 0.6) is 0 Å². The van der Waals surface area contributed by atoms with Gasteiger partial charge >= 0.3 is 6.03 Å². The van der Waals surface area contributed by atoms with E-state index in [1.807, 2.05) is 6.07 Å². The van der Waals surface area contributed by atoms with Crippen LogP contribution in [0.4, 0.5) is 10.5 Å². The molecule has 1 N–H and O–H groups in total. The standard InChI is InChI=1S/C32H40N2O/c1-23(2)29-16-11-17-30(24(3)4)31(29)33-32(35)34(22-25-12-7-5-8-13-25)28-20-18-27(19-21-28)26-14-9-6-10-15-26/h5-17,23-24,27-28H,18-22H2,1-4H3,(H,33,35)/t27-,28-. The van der Waals surface area contributed by atoms with E-state index in [2.05, 4.69) is 111 Å². The summed E-state index contributed by atoms with van der Waals surface area (Å²) in [5.41, 5.74) is 6.01. The molecule has 0 unspecified atom stereocenters. The lowest BCUT2D eigenvalue weighted by Crippen LogP contribution is -2.44. The van der Waals surface area contributed by atoms with Crippen molar-refractivity contribution >= 4 is 11.7 Å². The molecule has 35 heavy (non-hydrogen) atoms. The Labute approximate surface area is 211 Å². The number of anilines is 1. The number of hydrogen-bond acceptors (Lipinski definition) is 1. The predicted octanol–water partition coefficient (Wildman–Crippen LogP) is 8.69. The van der Waals surface area contributed by atoms with Gasteiger partial charge in [0.1, 0.15) is 0 Å². The van der Waals surface area contributed by atoms with Crippen LogP contribution >= 0.6 is 0 Å². The first-order chi connectivity index (χ1) is 16.9. The van der Waals surface area contributed by atoms with Crippen molar-refractivity contribution in [3.05, 3.63) is 101 Å². The fourth-order valence-corrected chi connectivity index (χ4v) is 5.47. The molecule has 3 aromatic carbocycles. The van der Waals surface area contributed by atoms with Gasteiger partial charge in [-0.3, -0.25) is 0 Å². The fraction of sp³-hybridized carbons (Fsp3) is 0.406. The van der Waals surface area contributed by atoms with E-state index in [9.17, 15) is 4.79 Å². The Morgan fingerprint density at radius 2 is 1.31 bits per heavy atom. The fourth-order valence-electron chi connectivity index (χ4n) is 5.47. The highest BCUT2D eigenvalue weighted by Gasteiger charge is 2.30. The third kappa shape index (κ3) is 6.14. The minimum Gasteiger partial charge on any atom is -0.317 e. The monoisotopic (exact) mass is 468 g/mol. The third-order valence-corrected chi connectivity index (χ3v) is 7.47. The van der Waals surface area contributed by atoms with Gasteiger partial charge in [0.2, 0.25) is 0 Å². The van der Waals surface area contributed by atoms with Gasteiger partial charge in [-0.1, -0.05) is 107 Å². The van der Waals surface area contributed by atoms with Crippen LogP contribution in [0.2, 0.25) is 0 Å². The highest BCUT2D eigenvalue weighted by molar-refractivity contribution is 5.91. The van der Waals surface area contributed by atoms with Crippen LogP contribution in [0.1, 0.15) is 93.4 Å². The lowest BCUT2D eigenvalue weighted by Gasteiger charge is -2.37. The number of hydrogen-bond donors (Lipinski definition) is 1. The molecule has 3 heteroatoms. The number of carbonyl (C=O) groups excluding carboxylic acids is 1. The van der Waals surface area contributed by atoms with Gasteiger partial charge in [0.05, 0.1) is 0 Å². The lowest BCUT2D eigenvalue weighted by atomic mass is 9.81. The van der Waals surface area contributed by atoms with Crippen LogP contribution in [0, 0.1) is 0 Å². The van der Waals surface area contributed by atoms with Gasteiger partial charge in [-0.15, -0.1) is 0 Å². The van der Waals surface area contributed by atoms with E-state index < -0.39 is 0 Å². The Bertz CT molecular complexity index is 1060. The van der Waals surface area contributed by atoms with Gasteiger partial charge < -0.3 is 10.2 Å². The highest BCUT2D eigenvalue weighted by Crippen LogP contribution is 2.37. The maximum Gasteiger partial charge on any atom is 0.322 e. The number of carbonyl (C=O) groups is 1. The second kappa shape index (κ2) is 11.6. The molecule has 4 rings (SSSR count). The molecular weight excluding hydrogens is 428 g/mol. The van der Waals surface area contributed by atoms with E-state index in [-0.39, 0.29) is 12.1 Å². The average Bonchev–Trinajstić information content (AvgIpc) is 2.88. The maximum absolute atomic E-state index is 13.9. The number of urea groups is 1. The molecular formula is C32H40N2O. The molecule has 0 saturated heterocycles. The zero-order chi connectivity index (χ0) is 24.8. The zero-order valence-electron chi connectivity index (χ0n) is 21.7. The molecule has 0 heterocycles. The third-order valence-electron chi connectivity index (χ3n) is 7.47. The number of amides is 2.